The van der Waals surface area contributed by atoms with E-state index in [4.69, 9.17) is 9.15 Å². The molecule has 3 aromatic rings. The molecule has 0 radical (unpaired) electrons. The van der Waals surface area contributed by atoms with E-state index in [9.17, 15) is 14.0 Å². The van der Waals surface area contributed by atoms with Crippen molar-refractivity contribution in [2.24, 2.45) is 5.92 Å². The molecule has 3 heterocycles. The Labute approximate surface area is 222 Å². The fourth-order valence-corrected chi connectivity index (χ4v) is 5.15. The van der Waals surface area contributed by atoms with Gasteiger partial charge >= 0.3 is 0 Å². The number of carbonyl (C=O) groups excluding carboxylic acids is 2. The average molecular weight is 520 g/mol. The van der Waals surface area contributed by atoms with Crippen molar-refractivity contribution in [3.8, 4) is 5.75 Å². The van der Waals surface area contributed by atoms with Crippen molar-refractivity contribution in [2.45, 2.75) is 32.9 Å². The Balaban J connectivity index is 1.34. The van der Waals surface area contributed by atoms with Crippen LogP contribution in [-0.2, 0) is 17.8 Å². The number of carbonyl (C=O) groups is 2. The standard InChI is InChI=1S/C30H34FN3O4/c1-20(2)29(35)34-13-12-21-6-9-24(18-26(21)28(34)22-4-7-23(31)8-5-22)37-19-25-10-11-27(38-25)30(36)33-16-14-32(3)15-17-33/h4-11,18,20,28H,12-17,19H2,1-3H3/t28-/m0/s1. The van der Waals surface area contributed by atoms with Gasteiger partial charge in [0, 0.05) is 38.6 Å². The van der Waals surface area contributed by atoms with Crippen LogP contribution in [0.4, 0.5) is 4.39 Å². The van der Waals surface area contributed by atoms with Crippen LogP contribution in [0.3, 0.4) is 0 Å². The molecule has 2 aliphatic rings. The van der Waals surface area contributed by atoms with Gasteiger partial charge in [0.15, 0.2) is 5.76 Å². The van der Waals surface area contributed by atoms with E-state index in [2.05, 4.69) is 4.90 Å². The lowest BCUT2D eigenvalue weighted by Crippen LogP contribution is -2.47. The van der Waals surface area contributed by atoms with Gasteiger partial charge in [0.1, 0.15) is 23.9 Å². The molecule has 200 valence electrons. The summed E-state index contributed by atoms with van der Waals surface area (Å²) < 4.78 is 25.6. The number of rotatable bonds is 6. The smallest absolute Gasteiger partial charge is 0.289 e. The van der Waals surface area contributed by atoms with Gasteiger partial charge in [-0.2, -0.15) is 0 Å². The Bertz CT molecular complexity index is 1300. The summed E-state index contributed by atoms with van der Waals surface area (Å²) in [6.45, 7) is 7.62. The number of likely N-dealkylation sites (N-methyl/N-ethyl adjacent to an activating group) is 1. The number of benzene rings is 2. The maximum Gasteiger partial charge on any atom is 0.289 e. The molecule has 1 saturated heterocycles. The third-order valence-electron chi connectivity index (χ3n) is 7.35. The van der Waals surface area contributed by atoms with E-state index in [0.29, 0.717) is 36.9 Å². The van der Waals surface area contributed by atoms with Crippen molar-refractivity contribution in [1.82, 2.24) is 14.7 Å². The maximum atomic E-state index is 13.7. The first-order chi connectivity index (χ1) is 18.3. The second-order valence-electron chi connectivity index (χ2n) is 10.4. The van der Waals surface area contributed by atoms with Crippen LogP contribution in [-0.4, -0.2) is 66.3 Å². The largest absolute Gasteiger partial charge is 0.486 e. The summed E-state index contributed by atoms with van der Waals surface area (Å²) in [7, 11) is 2.05. The van der Waals surface area contributed by atoms with Crippen LogP contribution in [0.25, 0.3) is 0 Å². The lowest BCUT2D eigenvalue weighted by molar-refractivity contribution is -0.136. The van der Waals surface area contributed by atoms with Gasteiger partial charge in [-0.25, -0.2) is 4.39 Å². The predicted octanol–water partition coefficient (Wildman–Crippen LogP) is 4.52. The number of hydrogen-bond donors (Lipinski definition) is 0. The minimum absolute atomic E-state index is 0.0597. The van der Waals surface area contributed by atoms with Gasteiger partial charge in [-0.3, -0.25) is 9.59 Å². The monoisotopic (exact) mass is 519 g/mol. The number of amides is 2. The maximum absolute atomic E-state index is 13.7. The second-order valence-corrected chi connectivity index (χ2v) is 10.4. The summed E-state index contributed by atoms with van der Waals surface area (Å²) in [6, 6.07) is 15.4. The Morgan fingerprint density at radius 1 is 1.00 bits per heavy atom. The zero-order valence-electron chi connectivity index (χ0n) is 22.2. The summed E-state index contributed by atoms with van der Waals surface area (Å²) in [5.74, 6) is 1.01. The zero-order valence-corrected chi connectivity index (χ0v) is 22.2. The Hall–Kier alpha value is -3.65. The summed E-state index contributed by atoms with van der Waals surface area (Å²) in [5.41, 5.74) is 2.97. The molecule has 8 heteroatoms. The third-order valence-corrected chi connectivity index (χ3v) is 7.35. The van der Waals surface area contributed by atoms with Crippen LogP contribution >= 0.6 is 0 Å². The first-order valence-corrected chi connectivity index (χ1v) is 13.2. The van der Waals surface area contributed by atoms with Crippen molar-refractivity contribution in [2.75, 3.05) is 39.8 Å². The van der Waals surface area contributed by atoms with Crippen LogP contribution in [0.1, 0.15) is 52.9 Å². The molecular formula is C30H34FN3O4. The quantitative estimate of drug-likeness (QED) is 0.479. The number of nitrogens with zero attached hydrogens (tertiary/aromatic N) is 3. The second kappa shape index (κ2) is 11.0. The average Bonchev–Trinajstić information content (AvgIpc) is 3.40. The van der Waals surface area contributed by atoms with Crippen LogP contribution in [0.15, 0.2) is 59.0 Å². The minimum atomic E-state index is -0.325. The molecule has 5 rings (SSSR count). The van der Waals surface area contributed by atoms with Crippen molar-refractivity contribution in [3.63, 3.8) is 0 Å². The molecule has 0 bridgehead atoms. The number of fused-ring (bicyclic) bond motifs is 1. The van der Waals surface area contributed by atoms with E-state index < -0.39 is 0 Å². The van der Waals surface area contributed by atoms with E-state index in [1.54, 1.807) is 24.3 Å². The highest BCUT2D eigenvalue weighted by Gasteiger charge is 2.33. The molecule has 0 saturated carbocycles. The Morgan fingerprint density at radius 2 is 1.74 bits per heavy atom. The predicted molar refractivity (Wildman–Crippen MR) is 141 cm³/mol. The zero-order chi connectivity index (χ0) is 26.8. The molecule has 1 atom stereocenters. The van der Waals surface area contributed by atoms with Gasteiger partial charge in [0.25, 0.3) is 5.91 Å². The highest BCUT2D eigenvalue weighted by Crippen LogP contribution is 2.38. The summed E-state index contributed by atoms with van der Waals surface area (Å²) >= 11 is 0. The van der Waals surface area contributed by atoms with Crippen LogP contribution in [0.2, 0.25) is 0 Å². The number of piperazine rings is 1. The first kappa shape index (κ1) is 26.0. The molecule has 2 aromatic carbocycles. The van der Waals surface area contributed by atoms with E-state index in [1.165, 1.54) is 12.1 Å². The summed E-state index contributed by atoms with van der Waals surface area (Å²) in [4.78, 5) is 31.8. The molecule has 2 aliphatic heterocycles. The first-order valence-electron chi connectivity index (χ1n) is 13.2. The van der Waals surface area contributed by atoms with Gasteiger partial charge in [-0.05, 0) is 66.6 Å². The molecule has 0 aliphatic carbocycles. The Kier molecular flexibility index (Phi) is 7.51. The van der Waals surface area contributed by atoms with Gasteiger partial charge in [-0.15, -0.1) is 0 Å². The Morgan fingerprint density at radius 3 is 2.45 bits per heavy atom. The lowest BCUT2D eigenvalue weighted by atomic mass is 9.87. The normalized spacial score (nSPS) is 18.0. The number of hydrogen-bond acceptors (Lipinski definition) is 5. The van der Waals surface area contributed by atoms with Crippen molar-refractivity contribution < 1.29 is 23.1 Å². The SMILES string of the molecule is CC(C)C(=O)N1CCc2ccc(OCc3ccc(C(=O)N4CCN(C)CC4)o3)cc2[C@@H]1c1ccc(F)cc1. The molecular weight excluding hydrogens is 485 g/mol. The van der Waals surface area contributed by atoms with Gasteiger partial charge < -0.3 is 23.9 Å². The van der Waals surface area contributed by atoms with E-state index in [-0.39, 0.29) is 36.2 Å². The number of ether oxygens (including phenoxy) is 1. The number of halogens is 1. The highest BCUT2D eigenvalue weighted by atomic mass is 19.1. The molecule has 1 fully saturated rings. The van der Waals surface area contributed by atoms with Crippen molar-refractivity contribution in [1.29, 1.82) is 0 Å². The molecule has 38 heavy (non-hydrogen) atoms. The lowest BCUT2D eigenvalue weighted by Gasteiger charge is -2.39. The fraction of sp³-hybridized carbons (Fsp3) is 0.400. The van der Waals surface area contributed by atoms with Gasteiger partial charge in [0.05, 0.1) is 6.04 Å². The van der Waals surface area contributed by atoms with Gasteiger partial charge in [-0.1, -0.05) is 32.0 Å². The van der Waals surface area contributed by atoms with Crippen LogP contribution < -0.4 is 4.74 Å². The molecule has 7 nitrogen and oxygen atoms in total. The van der Waals surface area contributed by atoms with Crippen LogP contribution in [0, 0.1) is 11.7 Å². The topological polar surface area (TPSA) is 66.2 Å². The van der Waals surface area contributed by atoms with Crippen LogP contribution in [0.5, 0.6) is 5.75 Å². The molecule has 0 unspecified atom stereocenters. The van der Waals surface area contributed by atoms with E-state index in [1.807, 2.05) is 48.9 Å². The van der Waals surface area contributed by atoms with Gasteiger partial charge in [0.2, 0.25) is 5.91 Å². The van der Waals surface area contributed by atoms with E-state index >= 15 is 0 Å². The summed E-state index contributed by atoms with van der Waals surface area (Å²) in [5, 5.41) is 0. The van der Waals surface area contributed by atoms with E-state index in [0.717, 1.165) is 36.2 Å². The van der Waals surface area contributed by atoms with Crippen molar-refractivity contribution in [3.05, 3.63) is 88.6 Å². The molecule has 0 spiro atoms. The molecule has 0 N–H and O–H groups in total. The summed E-state index contributed by atoms with van der Waals surface area (Å²) in [6.07, 6.45) is 0.738. The third kappa shape index (κ3) is 5.45. The molecule has 1 aromatic heterocycles. The van der Waals surface area contributed by atoms with Crippen molar-refractivity contribution >= 4 is 11.8 Å². The fourth-order valence-electron chi connectivity index (χ4n) is 5.15. The minimum Gasteiger partial charge on any atom is -0.486 e. The molecule has 2 amide bonds. The number of furan rings is 1. The highest BCUT2D eigenvalue weighted by molar-refractivity contribution is 5.91.